The minimum Gasteiger partial charge on any atom is -0.273 e. The van der Waals surface area contributed by atoms with Crippen LogP contribution < -0.4 is 10.9 Å². The SMILES string of the molecule is CCCCCCC=NNC(=O)CCCCCC(=O)NN=CCCCCCC. The zero-order valence-corrected chi connectivity index (χ0v) is 17.5. The zero-order valence-electron chi connectivity index (χ0n) is 17.5. The number of hydrogen-bond acceptors (Lipinski definition) is 4. The molecule has 156 valence electrons. The Hall–Kier alpha value is -1.72. The predicted octanol–water partition coefficient (Wildman–Crippen LogP) is 5.08. The number of nitrogens with zero attached hydrogens (tertiary/aromatic N) is 2. The molecule has 0 radical (unpaired) electrons. The molecular weight excluding hydrogens is 340 g/mol. The minimum atomic E-state index is -0.0584. The van der Waals surface area contributed by atoms with Gasteiger partial charge in [-0.05, 0) is 38.5 Å². The monoisotopic (exact) mass is 380 g/mol. The van der Waals surface area contributed by atoms with Gasteiger partial charge in [-0.15, -0.1) is 0 Å². The Balaban J connectivity index is 3.45. The highest BCUT2D eigenvalue weighted by Gasteiger charge is 2.02. The lowest BCUT2D eigenvalue weighted by Gasteiger charge is -2.01. The van der Waals surface area contributed by atoms with Crippen molar-refractivity contribution < 1.29 is 9.59 Å². The van der Waals surface area contributed by atoms with Crippen molar-refractivity contribution in [3.63, 3.8) is 0 Å². The van der Waals surface area contributed by atoms with Crippen LogP contribution in [0.15, 0.2) is 10.2 Å². The van der Waals surface area contributed by atoms with Crippen molar-refractivity contribution in [2.24, 2.45) is 10.2 Å². The number of hydrogen-bond donors (Lipinski definition) is 2. The average molecular weight is 381 g/mol. The smallest absolute Gasteiger partial charge is 0.240 e. The van der Waals surface area contributed by atoms with Gasteiger partial charge >= 0.3 is 0 Å². The lowest BCUT2D eigenvalue weighted by molar-refractivity contribution is -0.121. The molecule has 0 heterocycles. The van der Waals surface area contributed by atoms with E-state index < -0.39 is 0 Å². The van der Waals surface area contributed by atoms with Gasteiger partial charge in [0.05, 0.1) is 0 Å². The summed E-state index contributed by atoms with van der Waals surface area (Å²) in [6.07, 6.45) is 18.3. The molecule has 0 unspecified atom stereocenters. The van der Waals surface area contributed by atoms with Gasteiger partial charge in [0, 0.05) is 25.3 Å². The average Bonchev–Trinajstić information content (AvgIpc) is 2.66. The maximum absolute atomic E-state index is 11.6. The van der Waals surface area contributed by atoms with Gasteiger partial charge in [-0.25, -0.2) is 10.9 Å². The first-order valence-corrected chi connectivity index (χ1v) is 10.8. The van der Waals surface area contributed by atoms with Gasteiger partial charge < -0.3 is 0 Å². The number of carbonyl (C=O) groups excluding carboxylic acids is 2. The van der Waals surface area contributed by atoms with Crippen molar-refractivity contribution in [3.05, 3.63) is 0 Å². The standard InChI is InChI=1S/C21H40N4O2/c1-3-5-7-9-14-18-22-24-20(26)16-12-11-13-17-21(27)25-23-19-15-10-8-6-4-2/h18-19H,3-17H2,1-2H3,(H,24,26)(H,25,27). The Morgan fingerprint density at radius 2 is 1.04 bits per heavy atom. The number of unbranched alkanes of at least 4 members (excludes halogenated alkanes) is 10. The molecule has 0 fully saturated rings. The molecule has 2 N–H and O–H groups in total. The molecule has 0 rings (SSSR count). The molecule has 0 aliphatic heterocycles. The van der Waals surface area contributed by atoms with Crippen LogP contribution in [0, 0.1) is 0 Å². The zero-order chi connectivity index (χ0) is 20.0. The van der Waals surface area contributed by atoms with Crippen LogP contribution in [-0.2, 0) is 9.59 Å². The van der Waals surface area contributed by atoms with Crippen LogP contribution in [0.4, 0.5) is 0 Å². The molecule has 0 atom stereocenters. The van der Waals surface area contributed by atoms with E-state index in [1.165, 1.54) is 38.5 Å². The van der Waals surface area contributed by atoms with Gasteiger partial charge in [0.2, 0.25) is 11.8 Å². The first-order valence-electron chi connectivity index (χ1n) is 10.8. The summed E-state index contributed by atoms with van der Waals surface area (Å²) in [5.41, 5.74) is 5.12. The molecule has 0 aromatic carbocycles. The predicted molar refractivity (Wildman–Crippen MR) is 114 cm³/mol. The summed E-state index contributed by atoms with van der Waals surface area (Å²) in [5.74, 6) is -0.117. The van der Waals surface area contributed by atoms with E-state index in [1.54, 1.807) is 12.4 Å². The Kier molecular flexibility index (Phi) is 19.3. The minimum absolute atomic E-state index is 0.0584. The third kappa shape index (κ3) is 20.4. The largest absolute Gasteiger partial charge is 0.273 e. The summed E-state index contributed by atoms with van der Waals surface area (Å²) >= 11 is 0. The van der Waals surface area contributed by atoms with Crippen LogP contribution in [0.3, 0.4) is 0 Å². The van der Waals surface area contributed by atoms with E-state index in [9.17, 15) is 9.59 Å². The quantitative estimate of drug-likeness (QED) is 0.197. The highest BCUT2D eigenvalue weighted by atomic mass is 16.2. The van der Waals surface area contributed by atoms with E-state index in [-0.39, 0.29) is 11.8 Å². The Morgan fingerprint density at radius 3 is 1.44 bits per heavy atom. The van der Waals surface area contributed by atoms with Crippen molar-refractivity contribution in [3.8, 4) is 0 Å². The molecule has 0 spiro atoms. The van der Waals surface area contributed by atoms with E-state index in [0.29, 0.717) is 12.8 Å². The van der Waals surface area contributed by atoms with Crippen LogP contribution in [-0.4, -0.2) is 24.2 Å². The van der Waals surface area contributed by atoms with E-state index in [0.717, 1.165) is 44.9 Å². The maximum atomic E-state index is 11.6. The van der Waals surface area contributed by atoms with Gasteiger partial charge in [0.15, 0.2) is 0 Å². The van der Waals surface area contributed by atoms with E-state index in [4.69, 9.17) is 0 Å². The third-order valence-electron chi connectivity index (χ3n) is 4.24. The second-order valence-electron chi connectivity index (χ2n) is 6.95. The summed E-state index contributed by atoms with van der Waals surface area (Å²) < 4.78 is 0. The van der Waals surface area contributed by atoms with Crippen LogP contribution in [0.25, 0.3) is 0 Å². The summed E-state index contributed by atoms with van der Waals surface area (Å²) in [7, 11) is 0. The molecule has 0 bridgehead atoms. The third-order valence-corrected chi connectivity index (χ3v) is 4.24. The molecule has 6 heteroatoms. The first-order chi connectivity index (χ1) is 13.2. The van der Waals surface area contributed by atoms with Crippen LogP contribution in [0.5, 0.6) is 0 Å². The van der Waals surface area contributed by atoms with Crippen molar-refractivity contribution in [2.45, 2.75) is 110 Å². The molecule has 6 nitrogen and oxygen atoms in total. The van der Waals surface area contributed by atoms with Gasteiger partial charge in [0.1, 0.15) is 0 Å². The van der Waals surface area contributed by atoms with E-state index >= 15 is 0 Å². The lowest BCUT2D eigenvalue weighted by Crippen LogP contribution is -2.18. The van der Waals surface area contributed by atoms with Crippen LogP contribution in [0.1, 0.15) is 110 Å². The molecular formula is C21H40N4O2. The fourth-order valence-electron chi connectivity index (χ4n) is 2.55. The number of carbonyl (C=O) groups is 2. The summed E-state index contributed by atoms with van der Waals surface area (Å²) in [5, 5.41) is 7.91. The summed E-state index contributed by atoms with van der Waals surface area (Å²) in [4.78, 5) is 23.2. The molecule has 0 saturated carbocycles. The van der Waals surface area contributed by atoms with Gasteiger partial charge in [-0.3, -0.25) is 9.59 Å². The molecule has 0 aromatic rings. The fourth-order valence-corrected chi connectivity index (χ4v) is 2.55. The summed E-state index contributed by atoms with van der Waals surface area (Å²) in [6.45, 7) is 4.37. The molecule has 0 saturated heterocycles. The molecule has 0 aliphatic rings. The van der Waals surface area contributed by atoms with Crippen molar-refractivity contribution in [1.29, 1.82) is 0 Å². The molecule has 2 amide bonds. The Bertz CT molecular complexity index is 384. The Labute approximate surface area is 165 Å². The van der Waals surface area contributed by atoms with Gasteiger partial charge in [-0.2, -0.15) is 10.2 Å². The van der Waals surface area contributed by atoms with Crippen LogP contribution >= 0.6 is 0 Å². The maximum Gasteiger partial charge on any atom is 0.240 e. The number of nitrogens with one attached hydrogen (secondary N) is 2. The molecule has 27 heavy (non-hydrogen) atoms. The summed E-state index contributed by atoms with van der Waals surface area (Å²) in [6, 6.07) is 0. The number of hydrazone groups is 2. The van der Waals surface area contributed by atoms with E-state index in [1.807, 2.05) is 0 Å². The topological polar surface area (TPSA) is 82.9 Å². The van der Waals surface area contributed by atoms with Gasteiger partial charge in [-0.1, -0.05) is 58.8 Å². The number of rotatable bonds is 18. The highest BCUT2D eigenvalue weighted by molar-refractivity contribution is 5.77. The normalized spacial score (nSPS) is 11.3. The lowest BCUT2D eigenvalue weighted by atomic mass is 10.1. The molecule has 0 aliphatic carbocycles. The van der Waals surface area contributed by atoms with Crippen LogP contribution in [0.2, 0.25) is 0 Å². The first kappa shape index (κ1) is 25.3. The van der Waals surface area contributed by atoms with Crippen molar-refractivity contribution in [2.75, 3.05) is 0 Å². The Morgan fingerprint density at radius 1 is 0.630 bits per heavy atom. The van der Waals surface area contributed by atoms with Crippen molar-refractivity contribution >= 4 is 24.2 Å². The number of amides is 2. The highest BCUT2D eigenvalue weighted by Crippen LogP contribution is 2.04. The van der Waals surface area contributed by atoms with Crippen molar-refractivity contribution in [1.82, 2.24) is 10.9 Å². The molecule has 0 aromatic heterocycles. The second-order valence-corrected chi connectivity index (χ2v) is 6.95. The fraction of sp³-hybridized carbons (Fsp3) is 0.810. The van der Waals surface area contributed by atoms with Gasteiger partial charge in [0.25, 0.3) is 0 Å². The van der Waals surface area contributed by atoms with E-state index in [2.05, 4.69) is 34.9 Å². The second kappa shape index (κ2) is 20.6.